The number of methoxy groups -OCH3 is 1. The van der Waals surface area contributed by atoms with Gasteiger partial charge in [-0.05, 0) is 37.1 Å². The van der Waals surface area contributed by atoms with Crippen molar-refractivity contribution in [2.75, 3.05) is 19.5 Å². The molecule has 0 fully saturated rings. The van der Waals surface area contributed by atoms with Crippen molar-refractivity contribution >= 4 is 21.9 Å². The first-order valence-corrected chi connectivity index (χ1v) is 6.75. The van der Waals surface area contributed by atoms with E-state index in [1.54, 1.807) is 7.05 Å². The van der Waals surface area contributed by atoms with Gasteiger partial charge >= 0.3 is 12.0 Å². The van der Waals surface area contributed by atoms with Gasteiger partial charge in [-0.25, -0.2) is 0 Å². The minimum absolute atomic E-state index is 0.183. The van der Waals surface area contributed by atoms with Gasteiger partial charge in [0.25, 0.3) is 0 Å². The second kappa shape index (κ2) is 6.04. The van der Waals surface area contributed by atoms with Gasteiger partial charge in [-0.3, -0.25) is 0 Å². The minimum atomic E-state index is 0.183. The van der Waals surface area contributed by atoms with E-state index in [0.717, 1.165) is 15.6 Å². The van der Waals surface area contributed by atoms with Crippen LogP contribution in [-0.2, 0) is 0 Å². The van der Waals surface area contributed by atoms with Crippen molar-refractivity contribution in [1.29, 1.82) is 0 Å². The summed E-state index contributed by atoms with van der Waals surface area (Å²) in [5.41, 5.74) is 2.16. The Morgan fingerprint density at radius 2 is 1.65 bits per heavy atom. The smallest absolute Gasteiger partial charge is 0.330 e. The molecule has 2 aromatic rings. The Morgan fingerprint density at radius 3 is 2.20 bits per heavy atom. The van der Waals surface area contributed by atoms with E-state index < -0.39 is 0 Å². The lowest BCUT2D eigenvalue weighted by atomic mass is 10.1. The standard InChI is InChI=1S/C13H15BrN4O2/c1-7-5-9(6-8(2)10(7)14)20-13-17-11(15-3)16-12(18-13)19-4/h5-6H,1-4H3,(H,15,16,17,18). The van der Waals surface area contributed by atoms with Gasteiger partial charge in [0, 0.05) is 11.5 Å². The molecule has 6 nitrogen and oxygen atoms in total. The van der Waals surface area contributed by atoms with Crippen molar-refractivity contribution in [1.82, 2.24) is 15.0 Å². The molecule has 0 saturated carbocycles. The average Bonchev–Trinajstić information content (AvgIpc) is 2.44. The quantitative estimate of drug-likeness (QED) is 0.923. The fourth-order valence-corrected chi connectivity index (χ4v) is 1.89. The zero-order chi connectivity index (χ0) is 14.7. The van der Waals surface area contributed by atoms with E-state index in [9.17, 15) is 0 Å². The lowest BCUT2D eigenvalue weighted by Crippen LogP contribution is -2.03. The highest BCUT2D eigenvalue weighted by Gasteiger charge is 2.10. The third-order valence-corrected chi connectivity index (χ3v) is 3.87. The number of hydrogen-bond donors (Lipinski definition) is 1. The Labute approximate surface area is 125 Å². The molecular weight excluding hydrogens is 324 g/mol. The van der Waals surface area contributed by atoms with E-state index in [1.807, 2.05) is 26.0 Å². The van der Waals surface area contributed by atoms with Crippen molar-refractivity contribution in [3.8, 4) is 17.8 Å². The Morgan fingerprint density at radius 1 is 1.05 bits per heavy atom. The topological polar surface area (TPSA) is 69.2 Å². The molecule has 0 aliphatic rings. The summed E-state index contributed by atoms with van der Waals surface area (Å²) in [4.78, 5) is 12.2. The van der Waals surface area contributed by atoms with Crippen LogP contribution in [0.15, 0.2) is 16.6 Å². The van der Waals surface area contributed by atoms with E-state index in [4.69, 9.17) is 9.47 Å². The number of anilines is 1. The van der Waals surface area contributed by atoms with Crippen LogP contribution in [0.3, 0.4) is 0 Å². The Balaban J connectivity index is 2.34. The number of aryl methyl sites for hydroxylation is 2. The first kappa shape index (κ1) is 14.5. The van der Waals surface area contributed by atoms with Gasteiger partial charge in [0.1, 0.15) is 5.75 Å². The van der Waals surface area contributed by atoms with Crippen LogP contribution in [0.5, 0.6) is 17.8 Å². The van der Waals surface area contributed by atoms with Crippen LogP contribution < -0.4 is 14.8 Å². The molecule has 7 heteroatoms. The van der Waals surface area contributed by atoms with Crippen molar-refractivity contribution in [2.24, 2.45) is 0 Å². The summed E-state index contributed by atoms with van der Waals surface area (Å²) in [6, 6.07) is 4.20. The highest BCUT2D eigenvalue weighted by Crippen LogP contribution is 2.28. The zero-order valence-electron chi connectivity index (χ0n) is 11.7. The number of rotatable bonds is 4. The molecular formula is C13H15BrN4O2. The molecule has 1 aromatic heterocycles. The third-order valence-electron chi connectivity index (χ3n) is 2.62. The van der Waals surface area contributed by atoms with Crippen LogP contribution in [0.1, 0.15) is 11.1 Å². The number of nitrogens with one attached hydrogen (secondary N) is 1. The second-order valence-corrected chi connectivity index (χ2v) is 4.94. The highest BCUT2D eigenvalue weighted by molar-refractivity contribution is 9.10. The lowest BCUT2D eigenvalue weighted by molar-refractivity contribution is 0.360. The molecule has 0 spiro atoms. The largest absolute Gasteiger partial charge is 0.467 e. The molecule has 0 unspecified atom stereocenters. The fourth-order valence-electron chi connectivity index (χ4n) is 1.66. The van der Waals surface area contributed by atoms with Crippen molar-refractivity contribution < 1.29 is 9.47 Å². The van der Waals surface area contributed by atoms with Crippen LogP contribution in [0.4, 0.5) is 5.95 Å². The molecule has 0 saturated heterocycles. The number of hydrogen-bond acceptors (Lipinski definition) is 6. The van der Waals surface area contributed by atoms with Gasteiger partial charge in [0.15, 0.2) is 0 Å². The summed E-state index contributed by atoms with van der Waals surface area (Å²) in [6.07, 6.45) is 0. The van der Waals surface area contributed by atoms with Crippen LogP contribution in [0.2, 0.25) is 0 Å². The Hall–Kier alpha value is -1.89. The van der Waals surface area contributed by atoms with E-state index in [2.05, 4.69) is 36.2 Å². The first-order valence-electron chi connectivity index (χ1n) is 5.96. The molecule has 1 N–H and O–H groups in total. The number of aromatic nitrogens is 3. The van der Waals surface area contributed by atoms with Crippen LogP contribution >= 0.6 is 15.9 Å². The van der Waals surface area contributed by atoms with E-state index in [1.165, 1.54) is 7.11 Å². The maximum atomic E-state index is 5.68. The van der Waals surface area contributed by atoms with Crippen LogP contribution in [-0.4, -0.2) is 29.1 Å². The van der Waals surface area contributed by atoms with Crippen molar-refractivity contribution in [2.45, 2.75) is 13.8 Å². The molecule has 20 heavy (non-hydrogen) atoms. The third kappa shape index (κ3) is 3.16. The Kier molecular flexibility index (Phi) is 4.39. The summed E-state index contributed by atoms with van der Waals surface area (Å²) in [6.45, 7) is 3.99. The molecule has 1 heterocycles. The average molecular weight is 339 g/mol. The normalized spacial score (nSPS) is 10.2. The predicted octanol–water partition coefficient (Wildman–Crippen LogP) is 3.09. The van der Waals surface area contributed by atoms with Gasteiger partial charge in [-0.15, -0.1) is 4.98 Å². The van der Waals surface area contributed by atoms with Gasteiger partial charge in [0.05, 0.1) is 7.11 Å². The lowest BCUT2D eigenvalue weighted by Gasteiger charge is -2.09. The SMILES string of the molecule is CNc1nc(OC)nc(Oc2cc(C)c(Br)c(C)c2)n1. The fraction of sp³-hybridized carbons (Fsp3) is 0.308. The van der Waals surface area contributed by atoms with Gasteiger partial charge in [0.2, 0.25) is 5.95 Å². The minimum Gasteiger partial charge on any atom is -0.467 e. The Bertz CT molecular complexity index is 589. The summed E-state index contributed by atoms with van der Waals surface area (Å²) in [7, 11) is 3.21. The summed E-state index contributed by atoms with van der Waals surface area (Å²) in [5, 5.41) is 2.83. The van der Waals surface area contributed by atoms with Gasteiger partial charge in [-0.1, -0.05) is 15.9 Å². The number of benzene rings is 1. The van der Waals surface area contributed by atoms with E-state index in [0.29, 0.717) is 11.7 Å². The predicted molar refractivity (Wildman–Crippen MR) is 79.6 cm³/mol. The van der Waals surface area contributed by atoms with E-state index in [-0.39, 0.29) is 12.0 Å². The highest BCUT2D eigenvalue weighted by atomic mass is 79.9. The van der Waals surface area contributed by atoms with Crippen molar-refractivity contribution in [3.05, 3.63) is 27.7 Å². The van der Waals surface area contributed by atoms with Gasteiger partial charge in [-0.2, -0.15) is 9.97 Å². The van der Waals surface area contributed by atoms with Crippen LogP contribution in [0.25, 0.3) is 0 Å². The molecule has 1 aromatic carbocycles. The molecule has 0 radical (unpaired) electrons. The van der Waals surface area contributed by atoms with E-state index >= 15 is 0 Å². The maximum absolute atomic E-state index is 5.68. The zero-order valence-corrected chi connectivity index (χ0v) is 13.3. The van der Waals surface area contributed by atoms with Crippen LogP contribution in [0, 0.1) is 13.8 Å². The maximum Gasteiger partial charge on any atom is 0.330 e. The number of halogens is 1. The molecule has 0 amide bonds. The summed E-state index contributed by atoms with van der Waals surface area (Å²) >= 11 is 3.52. The van der Waals surface area contributed by atoms with Crippen molar-refractivity contribution in [3.63, 3.8) is 0 Å². The monoisotopic (exact) mass is 338 g/mol. The molecule has 0 bridgehead atoms. The molecule has 0 aliphatic heterocycles. The molecule has 106 valence electrons. The molecule has 2 rings (SSSR count). The molecule has 0 atom stereocenters. The van der Waals surface area contributed by atoms with Gasteiger partial charge < -0.3 is 14.8 Å². The molecule has 0 aliphatic carbocycles. The second-order valence-electron chi connectivity index (χ2n) is 4.15. The first-order chi connectivity index (χ1) is 9.53. The number of ether oxygens (including phenoxy) is 2. The summed E-state index contributed by atoms with van der Waals surface area (Å²) in [5.74, 6) is 1.05. The number of nitrogens with zero attached hydrogens (tertiary/aromatic N) is 3. The summed E-state index contributed by atoms with van der Waals surface area (Å²) < 4.78 is 11.8.